The van der Waals surface area contributed by atoms with Crippen LogP contribution in [-0.2, 0) is 15.8 Å². The molecule has 1 aliphatic heterocycles. The SMILES string of the molecule is CC1N(CCCOCc2ccccc2)C=CN1CO[Si](C)(C)C(C)(C)C. The lowest BCUT2D eigenvalue weighted by Crippen LogP contribution is -2.45. The zero-order valence-electron chi connectivity index (χ0n) is 17.4. The molecule has 0 spiro atoms. The lowest BCUT2D eigenvalue weighted by molar-refractivity contribution is 0.0715. The molecule has 0 bridgehead atoms. The van der Waals surface area contributed by atoms with Crippen LogP contribution in [0.1, 0.15) is 39.7 Å². The summed E-state index contributed by atoms with van der Waals surface area (Å²) in [7, 11) is -1.71. The number of hydrogen-bond acceptors (Lipinski definition) is 4. The molecule has 5 heteroatoms. The number of hydrogen-bond donors (Lipinski definition) is 0. The van der Waals surface area contributed by atoms with E-state index in [1.54, 1.807) is 0 Å². The molecule has 0 amide bonds. The molecule has 0 aliphatic carbocycles. The predicted octanol–water partition coefficient (Wildman–Crippen LogP) is 5.01. The van der Waals surface area contributed by atoms with Crippen molar-refractivity contribution in [3.63, 3.8) is 0 Å². The number of rotatable bonds is 9. The quantitative estimate of drug-likeness (QED) is 0.447. The van der Waals surface area contributed by atoms with Crippen LogP contribution in [0.3, 0.4) is 0 Å². The fraction of sp³-hybridized carbons (Fsp3) is 0.619. The summed E-state index contributed by atoms with van der Waals surface area (Å²) in [4.78, 5) is 4.65. The molecule has 0 fully saturated rings. The average molecular weight is 377 g/mol. The molecule has 0 aromatic heterocycles. The number of ether oxygens (including phenoxy) is 1. The van der Waals surface area contributed by atoms with Crippen molar-refractivity contribution >= 4 is 8.32 Å². The maximum atomic E-state index is 6.35. The van der Waals surface area contributed by atoms with E-state index in [9.17, 15) is 0 Å². The number of benzene rings is 1. The third-order valence-electron chi connectivity index (χ3n) is 5.61. The summed E-state index contributed by atoms with van der Waals surface area (Å²) in [5, 5.41) is 0.245. The first-order valence-electron chi connectivity index (χ1n) is 9.66. The van der Waals surface area contributed by atoms with Crippen molar-refractivity contribution in [3.8, 4) is 0 Å². The fourth-order valence-electron chi connectivity index (χ4n) is 2.59. The predicted molar refractivity (Wildman–Crippen MR) is 111 cm³/mol. The van der Waals surface area contributed by atoms with E-state index in [4.69, 9.17) is 9.16 Å². The van der Waals surface area contributed by atoms with Gasteiger partial charge in [-0.05, 0) is 37.0 Å². The van der Waals surface area contributed by atoms with Crippen LogP contribution in [0.5, 0.6) is 0 Å². The van der Waals surface area contributed by atoms with Gasteiger partial charge in [0.25, 0.3) is 0 Å². The van der Waals surface area contributed by atoms with Crippen molar-refractivity contribution < 1.29 is 9.16 Å². The van der Waals surface area contributed by atoms with Crippen molar-refractivity contribution in [2.75, 3.05) is 19.9 Å². The Labute approximate surface area is 160 Å². The van der Waals surface area contributed by atoms with Gasteiger partial charge < -0.3 is 19.0 Å². The summed E-state index contributed by atoms with van der Waals surface area (Å²) >= 11 is 0. The molecular weight excluding hydrogens is 340 g/mol. The number of nitrogens with zero attached hydrogens (tertiary/aromatic N) is 2. The van der Waals surface area contributed by atoms with Crippen LogP contribution in [-0.4, -0.2) is 44.2 Å². The molecule has 2 rings (SSSR count). The molecule has 1 aromatic carbocycles. The zero-order chi connectivity index (χ0) is 19.2. The highest BCUT2D eigenvalue weighted by Crippen LogP contribution is 2.36. The van der Waals surface area contributed by atoms with Gasteiger partial charge in [-0.2, -0.15) is 0 Å². The Kier molecular flexibility index (Phi) is 7.32. The molecule has 0 saturated heterocycles. The summed E-state index contributed by atoms with van der Waals surface area (Å²) in [6.07, 6.45) is 5.70. The summed E-state index contributed by atoms with van der Waals surface area (Å²) in [6.45, 7) is 16.8. The summed E-state index contributed by atoms with van der Waals surface area (Å²) < 4.78 is 12.1. The van der Waals surface area contributed by atoms with E-state index in [2.05, 4.69) is 87.3 Å². The minimum atomic E-state index is -1.71. The summed E-state index contributed by atoms with van der Waals surface area (Å²) in [5.74, 6) is 0. The Balaban J connectivity index is 1.66. The molecule has 1 unspecified atom stereocenters. The van der Waals surface area contributed by atoms with Gasteiger partial charge in [-0.1, -0.05) is 51.1 Å². The van der Waals surface area contributed by atoms with E-state index >= 15 is 0 Å². The molecule has 1 aromatic rings. The zero-order valence-corrected chi connectivity index (χ0v) is 18.4. The Morgan fingerprint density at radius 2 is 1.69 bits per heavy atom. The van der Waals surface area contributed by atoms with Crippen LogP contribution in [0.25, 0.3) is 0 Å². The molecule has 1 aliphatic rings. The van der Waals surface area contributed by atoms with Gasteiger partial charge in [0.15, 0.2) is 8.32 Å². The second-order valence-corrected chi connectivity index (χ2v) is 13.4. The maximum Gasteiger partial charge on any atom is 0.194 e. The summed E-state index contributed by atoms with van der Waals surface area (Å²) in [5.41, 5.74) is 1.23. The topological polar surface area (TPSA) is 24.9 Å². The van der Waals surface area contributed by atoms with Crippen LogP contribution in [0.2, 0.25) is 18.1 Å². The Morgan fingerprint density at radius 3 is 2.35 bits per heavy atom. The van der Waals surface area contributed by atoms with Crippen LogP contribution in [0.15, 0.2) is 42.7 Å². The van der Waals surface area contributed by atoms with E-state index < -0.39 is 8.32 Å². The van der Waals surface area contributed by atoms with E-state index in [1.807, 2.05) is 6.07 Å². The van der Waals surface area contributed by atoms with Gasteiger partial charge in [0.2, 0.25) is 0 Å². The monoisotopic (exact) mass is 376 g/mol. The molecule has 0 N–H and O–H groups in total. The minimum Gasteiger partial charge on any atom is -0.400 e. The molecule has 1 heterocycles. The van der Waals surface area contributed by atoms with E-state index in [1.165, 1.54) is 5.56 Å². The van der Waals surface area contributed by atoms with Crippen molar-refractivity contribution in [2.45, 2.75) is 65.0 Å². The van der Waals surface area contributed by atoms with Gasteiger partial charge in [0.1, 0.15) is 6.73 Å². The van der Waals surface area contributed by atoms with Crippen molar-refractivity contribution in [1.29, 1.82) is 0 Å². The normalized spacial score (nSPS) is 18.0. The average Bonchev–Trinajstić information content (AvgIpc) is 2.93. The highest BCUT2D eigenvalue weighted by Gasteiger charge is 2.38. The highest BCUT2D eigenvalue weighted by atomic mass is 28.4. The van der Waals surface area contributed by atoms with Crippen molar-refractivity contribution in [2.24, 2.45) is 0 Å². The molecule has 1 atom stereocenters. The standard InChI is InChI=1S/C21H36N2O2Si/c1-19-22(13-10-16-24-17-20-11-8-7-9-12-20)14-15-23(19)18-25-26(5,6)21(2,3)4/h7-9,11-12,14-15,19H,10,13,16-18H2,1-6H3. The van der Waals surface area contributed by atoms with Crippen molar-refractivity contribution in [1.82, 2.24) is 9.80 Å². The molecular formula is C21H36N2O2Si. The highest BCUT2D eigenvalue weighted by molar-refractivity contribution is 6.74. The molecule has 0 saturated carbocycles. The first kappa shape index (κ1) is 21.0. The Bertz CT molecular complexity index is 569. The lowest BCUT2D eigenvalue weighted by atomic mass is 10.2. The van der Waals surface area contributed by atoms with Gasteiger partial charge >= 0.3 is 0 Å². The first-order valence-corrected chi connectivity index (χ1v) is 12.6. The largest absolute Gasteiger partial charge is 0.400 e. The third-order valence-corrected chi connectivity index (χ3v) is 10.1. The van der Waals surface area contributed by atoms with Gasteiger partial charge in [-0.25, -0.2) is 0 Å². The second kappa shape index (κ2) is 9.06. The lowest BCUT2D eigenvalue weighted by Gasteiger charge is -2.38. The van der Waals surface area contributed by atoms with Gasteiger partial charge in [0, 0.05) is 25.6 Å². The van der Waals surface area contributed by atoms with Crippen LogP contribution in [0.4, 0.5) is 0 Å². The molecule has 26 heavy (non-hydrogen) atoms. The molecule has 4 nitrogen and oxygen atoms in total. The second-order valence-electron chi connectivity index (χ2n) is 8.61. The van der Waals surface area contributed by atoms with Crippen LogP contribution in [0, 0.1) is 0 Å². The van der Waals surface area contributed by atoms with Crippen LogP contribution < -0.4 is 0 Å². The minimum absolute atomic E-state index is 0.245. The molecule has 146 valence electrons. The van der Waals surface area contributed by atoms with E-state index in [-0.39, 0.29) is 5.04 Å². The van der Waals surface area contributed by atoms with Gasteiger partial charge in [-0.15, -0.1) is 0 Å². The smallest absolute Gasteiger partial charge is 0.194 e. The van der Waals surface area contributed by atoms with Crippen LogP contribution >= 0.6 is 0 Å². The van der Waals surface area contributed by atoms with Gasteiger partial charge in [-0.3, -0.25) is 0 Å². The maximum absolute atomic E-state index is 6.35. The Hall–Kier alpha value is -1.30. The first-order chi connectivity index (χ1) is 12.2. The van der Waals surface area contributed by atoms with Crippen molar-refractivity contribution in [3.05, 3.63) is 48.3 Å². The Morgan fingerprint density at radius 1 is 1.04 bits per heavy atom. The third kappa shape index (κ3) is 5.86. The van der Waals surface area contributed by atoms with Gasteiger partial charge in [0.05, 0.1) is 12.8 Å². The van der Waals surface area contributed by atoms with E-state index in [0.717, 1.165) is 19.6 Å². The van der Waals surface area contributed by atoms with E-state index in [0.29, 0.717) is 19.5 Å². The summed E-state index contributed by atoms with van der Waals surface area (Å²) in [6, 6.07) is 10.3. The molecule has 0 radical (unpaired) electrons. The fourth-order valence-corrected chi connectivity index (χ4v) is 3.49.